The van der Waals surface area contributed by atoms with Gasteiger partial charge in [0.2, 0.25) is 0 Å². The van der Waals surface area contributed by atoms with Crippen LogP contribution in [0.25, 0.3) is 0 Å². The predicted molar refractivity (Wildman–Crippen MR) is 84.4 cm³/mol. The van der Waals surface area contributed by atoms with Gasteiger partial charge >= 0.3 is 0 Å². The number of carbonyl (C=O) groups is 1. The van der Waals surface area contributed by atoms with Gasteiger partial charge in [-0.05, 0) is 48.6 Å². The summed E-state index contributed by atoms with van der Waals surface area (Å²) < 4.78 is 26.3. The van der Waals surface area contributed by atoms with E-state index in [1.165, 1.54) is 0 Å². The van der Waals surface area contributed by atoms with E-state index in [0.717, 1.165) is 17.7 Å². The van der Waals surface area contributed by atoms with Crippen molar-refractivity contribution in [3.63, 3.8) is 0 Å². The number of rotatable bonds is 5. The maximum atomic E-state index is 13.2. The fourth-order valence-corrected chi connectivity index (χ4v) is 2.99. The number of likely N-dealkylation sites (N-methyl/N-ethyl adjacent to an activating group) is 1. The van der Waals surface area contributed by atoms with Gasteiger partial charge in [-0.15, -0.1) is 0 Å². The van der Waals surface area contributed by atoms with Crippen molar-refractivity contribution in [3.05, 3.63) is 56.7 Å². The molecule has 1 aromatic carbocycles. The van der Waals surface area contributed by atoms with Crippen molar-refractivity contribution >= 4 is 28.8 Å². The van der Waals surface area contributed by atoms with Crippen molar-refractivity contribution in [1.82, 2.24) is 10.2 Å². The Labute approximate surface area is 136 Å². The van der Waals surface area contributed by atoms with E-state index in [9.17, 15) is 13.6 Å². The van der Waals surface area contributed by atoms with Crippen LogP contribution in [0.15, 0.2) is 29.0 Å². The zero-order valence-corrected chi connectivity index (χ0v) is 13.6. The molecule has 0 fully saturated rings. The number of amides is 1. The summed E-state index contributed by atoms with van der Waals surface area (Å²) in [6.45, 7) is 0.331. The minimum absolute atomic E-state index is 0.0146. The quantitative estimate of drug-likeness (QED) is 0.839. The van der Waals surface area contributed by atoms with Crippen LogP contribution in [-0.2, 0) is 0 Å². The lowest BCUT2D eigenvalue weighted by Crippen LogP contribution is -2.34. The average Bonchev–Trinajstić information content (AvgIpc) is 2.96. The molecule has 118 valence electrons. The van der Waals surface area contributed by atoms with Gasteiger partial charge in [0.25, 0.3) is 5.91 Å². The SMILES string of the molecule is CN(C)[C@@H](CNC(=O)c1cc(F)c(F)cc1Cl)c1ccsc1. The number of nitrogens with one attached hydrogen (secondary N) is 1. The molecule has 22 heavy (non-hydrogen) atoms. The predicted octanol–water partition coefficient (Wildman–Crippen LogP) is 3.71. The monoisotopic (exact) mass is 344 g/mol. The Bertz CT molecular complexity index is 662. The van der Waals surface area contributed by atoms with Crippen LogP contribution in [-0.4, -0.2) is 31.4 Å². The highest BCUT2D eigenvalue weighted by molar-refractivity contribution is 7.07. The molecule has 1 heterocycles. The second-order valence-electron chi connectivity index (χ2n) is 4.99. The molecule has 1 amide bonds. The normalized spacial score (nSPS) is 12.5. The van der Waals surface area contributed by atoms with Crippen molar-refractivity contribution in [2.75, 3.05) is 20.6 Å². The summed E-state index contributed by atoms with van der Waals surface area (Å²) in [5, 5.41) is 6.55. The number of hydrogen-bond donors (Lipinski definition) is 1. The molecule has 0 saturated heterocycles. The van der Waals surface area contributed by atoms with Gasteiger partial charge in [0.05, 0.1) is 16.6 Å². The standard InChI is InChI=1S/C15H15ClF2N2OS/c1-20(2)14(9-3-4-22-8-9)7-19-15(21)10-5-12(17)13(18)6-11(10)16/h3-6,8,14H,7H2,1-2H3,(H,19,21)/t14-/m0/s1. The van der Waals surface area contributed by atoms with E-state index in [-0.39, 0.29) is 16.6 Å². The van der Waals surface area contributed by atoms with Gasteiger partial charge < -0.3 is 10.2 Å². The number of carbonyl (C=O) groups excluding carboxylic acids is 1. The van der Waals surface area contributed by atoms with Crippen molar-refractivity contribution in [1.29, 1.82) is 0 Å². The Balaban J connectivity index is 2.10. The first-order chi connectivity index (χ1) is 10.4. The van der Waals surface area contributed by atoms with Crippen molar-refractivity contribution in [2.24, 2.45) is 0 Å². The van der Waals surface area contributed by atoms with Crippen LogP contribution in [0.5, 0.6) is 0 Å². The summed E-state index contributed by atoms with van der Waals surface area (Å²) in [4.78, 5) is 14.1. The molecular weight excluding hydrogens is 330 g/mol. The zero-order chi connectivity index (χ0) is 16.3. The molecule has 0 aliphatic heterocycles. The van der Waals surface area contributed by atoms with E-state index in [4.69, 9.17) is 11.6 Å². The zero-order valence-electron chi connectivity index (χ0n) is 12.1. The third-order valence-electron chi connectivity index (χ3n) is 3.26. The smallest absolute Gasteiger partial charge is 0.252 e. The molecule has 0 saturated carbocycles. The van der Waals surface area contributed by atoms with Crippen LogP contribution in [0, 0.1) is 11.6 Å². The highest BCUT2D eigenvalue weighted by atomic mass is 35.5. The van der Waals surface area contributed by atoms with E-state index >= 15 is 0 Å². The van der Waals surface area contributed by atoms with E-state index in [1.807, 2.05) is 35.8 Å². The Hall–Kier alpha value is -1.50. The van der Waals surface area contributed by atoms with Crippen LogP contribution < -0.4 is 5.32 Å². The summed E-state index contributed by atoms with van der Waals surface area (Å²) in [6.07, 6.45) is 0. The van der Waals surface area contributed by atoms with Crippen LogP contribution in [0.4, 0.5) is 8.78 Å². The number of benzene rings is 1. The van der Waals surface area contributed by atoms with Gasteiger partial charge in [-0.3, -0.25) is 4.79 Å². The van der Waals surface area contributed by atoms with Gasteiger partial charge in [-0.1, -0.05) is 11.6 Å². The fourth-order valence-electron chi connectivity index (χ4n) is 2.04. The Morgan fingerprint density at radius 2 is 2.05 bits per heavy atom. The molecule has 3 nitrogen and oxygen atoms in total. The number of hydrogen-bond acceptors (Lipinski definition) is 3. The van der Waals surface area contributed by atoms with Gasteiger partial charge in [0.1, 0.15) is 0 Å². The van der Waals surface area contributed by atoms with Gasteiger partial charge in [-0.2, -0.15) is 11.3 Å². The average molecular weight is 345 g/mol. The molecule has 1 aromatic heterocycles. The van der Waals surface area contributed by atoms with Crippen LogP contribution in [0.2, 0.25) is 5.02 Å². The lowest BCUT2D eigenvalue weighted by Gasteiger charge is -2.24. The van der Waals surface area contributed by atoms with E-state index in [2.05, 4.69) is 5.32 Å². The molecule has 1 atom stereocenters. The Kier molecular flexibility index (Phi) is 5.50. The maximum absolute atomic E-state index is 13.2. The summed E-state index contributed by atoms with van der Waals surface area (Å²) in [5.41, 5.74) is 0.995. The first kappa shape index (κ1) is 16.9. The van der Waals surface area contributed by atoms with Crippen molar-refractivity contribution in [2.45, 2.75) is 6.04 Å². The number of thiophene rings is 1. The highest BCUT2D eigenvalue weighted by Gasteiger charge is 2.19. The van der Waals surface area contributed by atoms with Gasteiger partial charge in [0, 0.05) is 6.54 Å². The largest absolute Gasteiger partial charge is 0.350 e. The Morgan fingerprint density at radius 3 is 2.64 bits per heavy atom. The summed E-state index contributed by atoms with van der Waals surface area (Å²) >= 11 is 7.37. The van der Waals surface area contributed by atoms with Crippen LogP contribution in [0.1, 0.15) is 22.0 Å². The minimum atomic E-state index is -1.10. The number of nitrogens with zero attached hydrogens (tertiary/aromatic N) is 1. The molecular formula is C15H15ClF2N2OS. The van der Waals surface area contributed by atoms with Gasteiger partial charge in [0.15, 0.2) is 11.6 Å². The van der Waals surface area contributed by atoms with Crippen LogP contribution >= 0.6 is 22.9 Å². The summed E-state index contributed by atoms with van der Waals surface area (Å²) in [6, 6.07) is 3.57. The van der Waals surface area contributed by atoms with Crippen molar-refractivity contribution in [3.8, 4) is 0 Å². The second kappa shape index (κ2) is 7.17. The lowest BCUT2D eigenvalue weighted by atomic mass is 10.1. The first-order valence-corrected chi connectivity index (χ1v) is 7.83. The second-order valence-corrected chi connectivity index (χ2v) is 6.18. The molecule has 1 N–H and O–H groups in total. The van der Waals surface area contributed by atoms with Crippen LogP contribution in [0.3, 0.4) is 0 Å². The topological polar surface area (TPSA) is 32.3 Å². The molecule has 0 bridgehead atoms. The van der Waals surface area contributed by atoms with Crippen molar-refractivity contribution < 1.29 is 13.6 Å². The lowest BCUT2D eigenvalue weighted by molar-refractivity contribution is 0.0941. The van der Waals surface area contributed by atoms with E-state index in [0.29, 0.717) is 6.54 Å². The molecule has 0 radical (unpaired) electrons. The molecule has 2 aromatic rings. The number of halogens is 3. The fraction of sp³-hybridized carbons (Fsp3) is 0.267. The summed E-state index contributed by atoms with van der Waals surface area (Å²) in [5.74, 6) is -2.71. The minimum Gasteiger partial charge on any atom is -0.350 e. The highest BCUT2D eigenvalue weighted by Crippen LogP contribution is 2.22. The Morgan fingerprint density at radius 1 is 1.36 bits per heavy atom. The molecule has 7 heteroatoms. The molecule has 0 spiro atoms. The molecule has 0 aliphatic carbocycles. The summed E-state index contributed by atoms with van der Waals surface area (Å²) in [7, 11) is 3.80. The maximum Gasteiger partial charge on any atom is 0.252 e. The van der Waals surface area contributed by atoms with Gasteiger partial charge in [-0.25, -0.2) is 8.78 Å². The molecule has 0 aliphatic rings. The van der Waals surface area contributed by atoms with E-state index in [1.54, 1.807) is 11.3 Å². The third-order valence-corrected chi connectivity index (χ3v) is 4.28. The molecule has 0 unspecified atom stereocenters. The van der Waals surface area contributed by atoms with E-state index < -0.39 is 17.5 Å². The first-order valence-electron chi connectivity index (χ1n) is 6.51. The molecule has 2 rings (SSSR count). The third kappa shape index (κ3) is 3.82.